The topological polar surface area (TPSA) is 18.5 Å². The Morgan fingerprint density at radius 3 is 2.08 bits per heavy atom. The van der Waals surface area contributed by atoms with E-state index in [4.69, 9.17) is 9.47 Å². The van der Waals surface area contributed by atoms with Crippen LogP contribution in [0.2, 0.25) is 0 Å². The molecule has 0 spiro atoms. The van der Waals surface area contributed by atoms with Gasteiger partial charge in [0, 0.05) is 26.2 Å². The maximum Gasteiger partial charge on any atom is 0.459 e. The molecule has 0 bridgehead atoms. The summed E-state index contributed by atoms with van der Waals surface area (Å²) in [6.45, 7) is 1.89. The maximum absolute atomic E-state index is 13.1. The van der Waals surface area contributed by atoms with Crippen LogP contribution in [0.5, 0.6) is 0 Å². The van der Waals surface area contributed by atoms with Crippen LogP contribution in [-0.4, -0.2) is 43.9 Å². The third-order valence-corrected chi connectivity index (χ3v) is 4.45. The molecule has 26 heavy (non-hydrogen) atoms. The molecule has 1 aliphatic rings. The van der Waals surface area contributed by atoms with Crippen LogP contribution >= 0.6 is 0 Å². The molecule has 0 N–H and O–H groups in total. The van der Waals surface area contributed by atoms with Gasteiger partial charge in [0.2, 0.25) is 0 Å². The van der Waals surface area contributed by atoms with E-state index in [2.05, 4.69) is 0 Å². The number of ether oxygens (including phenoxy) is 2. The van der Waals surface area contributed by atoms with E-state index < -0.39 is 24.4 Å². The lowest BCUT2D eigenvalue weighted by atomic mass is 10.0. The lowest BCUT2D eigenvalue weighted by Gasteiger charge is -2.28. The predicted octanol–water partition coefficient (Wildman–Crippen LogP) is 6.14. The Bertz CT molecular complexity index is 380. The van der Waals surface area contributed by atoms with Gasteiger partial charge in [-0.15, -0.1) is 0 Å². The molecule has 0 radical (unpaired) electrons. The summed E-state index contributed by atoms with van der Waals surface area (Å²) in [5.41, 5.74) is 0. The van der Waals surface area contributed by atoms with Crippen molar-refractivity contribution in [2.45, 2.75) is 88.3 Å². The second kappa shape index (κ2) is 10.7. The van der Waals surface area contributed by atoms with Crippen molar-refractivity contribution < 1.29 is 40.2 Å². The number of hydrogen-bond donors (Lipinski definition) is 0. The summed E-state index contributed by atoms with van der Waals surface area (Å²) >= 11 is 0. The summed E-state index contributed by atoms with van der Waals surface area (Å²) in [6.07, 6.45) is -1.68. The highest BCUT2D eigenvalue weighted by molar-refractivity contribution is 4.90. The minimum Gasteiger partial charge on any atom is -0.381 e. The zero-order valence-corrected chi connectivity index (χ0v) is 14.7. The molecule has 1 atom stereocenters. The quantitative estimate of drug-likeness (QED) is 0.292. The Labute approximate surface area is 149 Å². The summed E-state index contributed by atoms with van der Waals surface area (Å²) in [4.78, 5) is 0. The molecule has 0 saturated carbocycles. The van der Waals surface area contributed by atoms with Crippen molar-refractivity contribution in [3.8, 4) is 0 Å². The van der Waals surface area contributed by atoms with Crippen molar-refractivity contribution in [1.82, 2.24) is 0 Å². The lowest BCUT2D eigenvalue weighted by molar-refractivity contribution is -0.355. The number of alkyl halides is 7. The van der Waals surface area contributed by atoms with Gasteiger partial charge in [0.05, 0.1) is 6.10 Å². The molecule has 1 unspecified atom stereocenters. The second-order valence-electron chi connectivity index (χ2n) is 6.68. The van der Waals surface area contributed by atoms with Crippen molar-refractivity contribution in [2.24, 2.45) is 0 Å². The Hall–Kier alpha value is -0.570. The molecule has 0 aromatic carbocycles. The van der Waals surface area contributed by atoms with Gasteiger partial charge in [-0.1, -0.05) is 19.3 Å². The highest BCUT2D eigenvalue weighted by atomic mass is 19.4. The summed E-state index contributed by atoms with van der Waals surface area (Å²) < 4.78 is 98.4. The number of rotatable bonds is 12. The van der Waals surface area contributed by atoms with E-state index in [-0.39, 0.29) is 18.9 Å². The van der Waals surface area contributed by atoms with Crippen LogP contribution in [0, 0.1) is 0 Å². The van der Waals surface area contributed by atoms with Gasteiger partial charge in [-0.2, -0.15) is 30.7 Å². The van der Waals surface area contributed by atoms with E-state index in [1.165, 1.54) is 6.42 Å². The maximum atomic E-state index is 13.1. The molecular weight excluding hydrogens is 369 g/mol. The van der Waals surface area contributed by atoms with Gasteiger partial charge in [-0.3, -0.25) is 0 Å². The average molecular weight is 396 g/mol. The fraction of sp³-hybridized carbons (Fsp3) is 1.00. The normalized spacial score (nSPS) is 19.7. The zero-order chi connectivity index (χ0) is 19.7. The molecule has 0 aromatic heterocycles. The van der Waals surface area contributed by atoms with Gasteiger partial charge in [0.1, 0.15) is 0 Å². The van der Waals surface area contributed by atoms with E-state index in [1.807, 2.05) is 0 Å². The van der Waals surface area contributed by atoms with Gasteiger partial charge >= 0.3 is 18.0 Å². The van der Waals surface area contributed by atoms with Crippen LogP contribution in [0.4, 0.5) is 30.7 Å². The van der Waals surface area contributed by atoms with Crippen LogP contribution in [0.3, 0.4) is 0 Å². The van der Waals surface area contributed by atoms with E-state index in [1.54, 1.807) is 0 Å². The van der Waals surface area contributed by atoms with E-state index in [0.717, 1.165) is 25.9 Å². The molecule has 1 saturated heterocycles. The van der Waals surface area contributed by atoms with Crippen LogP contribution in [0.25, 0.3) is 0 Å². The number of halogens is 7. The average Bonchev–Trinajstić information content (AvgIpc) is 2.56. The molecule has 1 heterocycles. The third kappa shape index (κ3) is 7.58. The van der Waals surface area contributed by atoms with E-state index >= 15 is 0 Å². The minimum absolute atomic E-state index is 0.180. The van der Waals surface area contributed by atoms with Crippen LogP contribution in [0.15, 0.2) is 0 Å². The van der Waals surface area contributed by atoms with Crippen molar-refractivity contribution >= 4 is 0 Å². The minimum atomic E-state index is -6.24. The fourth-order valence-electron chi connectivity index (χ4n) is 2.80. The Morgan fingerprint density at radius 1 is 0.808 bits per heavy atom. The summed E-state index contributed by atoms with van der Waals surface area (Å²) in [7, 11) is 0. The monoisotopic (exact) mass is 396 g/mol. The first-order valence-electron chi connectivity index (χ1n) is 9.09. The van der Waals surface area contributed by atoms with E-state index in [0.29, 0.717) is 32.5 Å². The van der Waals surface area contributed by atoms with Gasteiger partial charge in [-0.05, 0) is 38.5 Å². The molecule has 156 valence electrons. The Kier molecular flexibility index (Phi) is 9.64. The Balaban J connectivity index is 2.00. The molecule has 9 heteroatoms. The second-order valence-corrected chi connectivity index (χ2v) is 6.68. The Morgan fingerprint density at radius 2 is 1.46 bits per heavy atom. The fourth-order valence-corrected chi connectivity index (χ4v) is 2.80. The SMILES string of the molecule is FC(F)(F)C(F)(F)C(F)(F)CCCCCCCOCCC1CCCCO1. The molecule has 0 aliphatic carbocycles. The molecule has 1 aliphatic heterocycles. The first-order chi connectivity index (χ1) is 12.1. The zero-order valence-electron chi connectivity index (χ0n) is 14.7. The predicted molar refractivity (Wildman–Crippen MR) is 82.7 cm³/mol. The standard InChI is InChI=1S/C17H27F7O2/c18-15(19,16(20,21)17(22,23)24)10-5-2-1-3-6-11-25-13-9-14-8-4-7-12-26-14/h14H,1-13H2. The van der Waals surface area contributed by atoms with Crippen molar-refractivity contribution in [3.05, 3.63) is 0 Å². The molecule has 0 aromatic rings. The van der Waals surface area contributed by atoms with Crippen molar-refractivity contribution in [1.29, 1.82) is 0 Å². The largest absolute Gasteiger partial charge is 0.459 e. The van der Waals surface area contributed by atoms with Crippen LogP contribution < -0.4 is 0 Å². The van der Waals surface area contributed by atoms with Gasteiger partial charge < -0.3 is 9.47 Å². The molecule has 2 nitrogen and oxygen atoms in total. The van der Waals surface area contributed by atoms with Crippen molar-refractivity contribution in [2.75, 3.05) is 19.8 Å². The number of unbranched alkanes of at least 4 members (excludes halogenated alkanes) is 4. The summed E-state index contributed by atoms with van der Waals surface area (Å²) in [5.74, 6) is -11.1. The molecule has 0 amide bonds. The highest BCUT2D eigenvalue weighted by Crippen LogP contribution is 2.48. The molecule has 1 rings (SSSR count). The van der Waals surface area contributed by atoms with Crippen LogP contribution in [0.1, 0.15) is 64.2 Å². The summed E-state index contributed by atoms with van der Waals surface area (Å²) in [5, 5.41) is 0. The van der Waals surface area contributed by atoms with Crippen molar-refractivity contribution in [3.63, 3.8) is 0 Å². The molecule has 1 fully saturated rings. The molecular formula is C17H27F7O2. The first kappa shape index (κ1) is 23.5. The number of hydrogen-bond acceptors (Lipinski definition) is 2. The first-order valence-corrected chi connectivity index (χ1v) is 9.09. The third-order valence-electron chi connectivity index (χ3n) is 4.45. The van der Waals surface area contributed by atoms with Crippen LogP contribution in [-0.2, 0) is 9.47 Å². The van der Waals surface area contributed by atoms with Gasteiger partial charge in [0.15, 0.2) is 0 Å². The van der Waals surface area contributed by atoms with Gasteiger partial charge in [0.25, 0.3) is 0 Å². The highest BCUT2D eigenvalue weighted by Gasteiger charge is 2.72. The van der Waals surface area contributed by atoms with E-state index in [9.17, 15) is 30.7 Å². The summed E-state index contributed by atoms with van der Waals surface area (Å²) in [6, 6.07) is 0. The van der Waals surface area contributed by atoms with Gasteiger partial charge in [-0.25, -0.2) is 0 Å². The lowest BCUT2D eigenvalue weighted by Crippen LogP contribution is -2.51. The smallest absolute Gasteiger partial charge is 0.381 e.